The third-order valence-corrected chi connectivity index (χ3v) is 3.82. The number of nitrogens with zero attached hydrogens (tertiary/aromatic N) is 1. The Bertz CT molecular complexity index is 612. The summed E-state index contributed by atoms with van der Waals surface area (Å²) in [4.78, 5) is 12.1. The summed E-state index contributed by atoms with van der Waals surface area (Å²) in [6, 6.07) is 8.12. The predicted molar refractivity (Wildman–Crippen MR) is 82.0 cm³/mol. The predicted octanol–water partition coefficient (Wildman–Crippen LogP) is 3.41. The van der Waals surface area contributed by atoms with Gasteiger partial charge in [-0.25, -0.2) is 0 Å². The van der Waals surface area contributed by atoms with E-state index in [1.54, 1.807) is 0 Å². The number of aryl methyl sites for hydroxylation is 3. The maximum absolute atomic E-state index is 12.1. The van der Waals surface area contributed by atoms with Gasteiger partial charge in [-0.3, -0.25) is 4.79 Å². The molecule has 112 valence electrons. The van der Waals surface area contributed by atoms with E-state index in [-0.39, 0.29) is 11.9 Å². The quantitative estimate of drug-likeness (QED) is 0.916. The van der Waals surface area contributed by atoms with Crippen LogP contribution in [0.3, 0.4) is 0 Å². The fraction of sp³-hybridized carbons (Fsp3) is 0.412. The van der Waals surface area contributed by atoms with E-state index in [9.17, 15) is 4.79 Å². The molecular formula is C17H22N2O2. The van der Waals surface area contributed by atoms with E-state index in [0.29, 0.717) is 12.8 Å². The first-order valence-electron chi connectivity index (χ1n) is 7.25. The van der Waals surface area contributed by atoms with E-state index in [2.05, 4.69) is 29.5 Å². The molecule has 0 saturated carbocycles. The number of aromatic nitrogens is 1. The minimum absolute atomic E-state index is 0.0170. The van der Waals surface area contributed by atoms with Gasteiger partial charge >= 0.3 is 0 Å². The van der Waals surface area contributed by atoms with E-state index >= 15 is 0 Å². The van der Waals surface area contributed by atoms with Crippen molar-refractivity contribution in [1.29, 1.82) is 0 Å². The van der Waals surface area contributed by atoms with Crippen molar-refractivity contribution in [1.82, 2.24) is 10.5 Å². The van der Waals surface area contributed by atoms with Crippen LogP contribution in [0.2, 0.25) is 0 Å². The third-order valence-electron chi connectivity index (χ3n) is 3.82. The van der Waals surface area contributed by atoms with Gasteiger partial charge in [0, 0.05) is 12.0 Å². The summed E-state index contributed by atoms with van der Waals surface area (Å²) in [6.07, 6.45) is 1.10. The van der Waals surface area contributed by atoms with Gasteiger partial charge in [0.1, 0.15) is 5.76 Å². The van der Waals surface area contributed by atoms with Crippen LogP contribution in [0.5, 0.6) is 0 Å². The summed E-state index contributed by atoms with van der Waals surface area (Å²) in [6.45, 7) is 7.85. The summed E-state index contributed by atoms with van der Waals surface area (Å²) in [5, 5.41) is 6.96. The molecule has 4 nitrogen and oxygen atoms in total. The van der Waals surface area contributed by atoms with Gasteiger partial charge in [-0.05, 0) is 45.2 Å². The fourth-order valence-electron chi connectivity index (χ4n) is 2.56. The second kappa shape index (κ2) is 6.57. The van der Waals surface area contributed by atoms with Crippen LogP contribution in [0, 0.1) is 20.8 Å². The molecule has 1 unspecified atom stereocenters. The number of amides is 1. The van der Waals surface area contributed by atoms with E-state index < -0.39 is 0 Å². The summed E-state index contributed by atoms with van der Waals surface area (Å²) in [5.41, 5.74) is 4.25. The van der Waals surface area contributed by atoms with Crippen molar-refractivity contribution in [2.24, 2.45) is 0 Å². The SMILES string of the molecule is Cc1ccccc1C(C)NC(=O)CCc1c(C)noc1C. The lowest BCUT2D eigenvalue weighted by Gasteiger charge is -2.16. The van der Waals surface area contributed by atoms with Crippen molar-refractivity contribution in [2.75, 3.05) is 0 Å². The molecule has 0 radical (unpaired) electrons. The first-order chi connectivity index (χ1) is 9.99. The number of rotatable bonds is 5. The van der Waals surface area contributed by atoms with Gasteiger partial charge in [0.15, 0.2) is 0 Å². The van der Waals surface area contributed by atoms with Gasteiger partial charge in [0.2, 0.25) is 5.91 Å². The zero-order valence-electron chi connectivity index (χ0n) is 13.1. The molecule has 0 spiro atoms. The van der Waals surface area contributed by atoms with Gasteiger partial charge in [0.25, 0.3) is 0 Å². The Balaban J connectivity index is 1.92. The van der Waals surface area contributed by atoms with Gasteiger partial charge in [0.05, 0.1) is 11.7 Å². The zero-order valence-corrected chi connectivity index (χ0v) is 13.1. The van der Waals surface area contributed by atoms with E-state index in [0.717, 1.165) is 22.6 Å². The number of benzene rings is 1. The van der Waals surface area contributed by atoms with Crippen molar-refractivity contribution in [3.05, 3.63) is 52.4 Å². The molecule has 1 N–H and O–H groups in total. The molecule has 1 atom stereocenters. The van der Waals surface area contributed by atoms with E-state index in [4.69, 9.17) is 4.52 Å². The highest BCUT2D eigenvalue weighted by atomic mass is 16.5. The molecule has 0 bridgehead atoms. The van der Waals surface area contributed by atoms with Gasteiger partial charge in [-0.2, -0.15) is 0 Å². The van der Waals surface area contributed by atoms with Gasteiger partial charge in [-0.15, -0.1) is 0 Å². The maximum Gasteiger partial charge on any atom is 0.220 e. The Hall–Kier alpha value is -2.10. The average molecular weight is 286 g/mol. The Labute approximate surface area is 125 Å². The highest BCUT2D eigenvalue weighted by molar-refractivity contribution is 5.76. The molecular weight excluding hydrogens is 264 g/mol. The third kappa shape index (κ3) is 3.72. The normalized spacial score (nSPS) is 12.2. The second-order valence-corrected chi connectivity index (χ2v) is 5.45. The lowest BCUT2D eigenvalue weighted by Crippen LogP contribution is -2.27. The van der Waals surface area contributed by atoms with Crippen molar-refractivity contribution in [2.45, 2.75) is 46.6 Å². The standard InChI is InChI=1S/C17H22N2O2/c1-11-7-5-6-8-15(11)12(2)18-17(20)10-9-16-13(3)19-21-14(16)4/h5-8,12H,9-10H2,1-4H3,(H,18,20). The first-order valence-corrected chi connectivity index (χ1v) is 7.25. The molecule has 0 aliphatic carbocycles. The number of nitrogens with one attached hydrogen (secondary N) is 1. The molecule has 1 heterocycles. The number of hydrogen-bond donors (Lipinski definition) is 1. The van der Waals surface area contributed by atoms with Crippen molar-refractivity contribution in [3.8, 4) is 0 Å². The second-order valence-electron chi connectivity index (χ2n) is 5.45. The minimum atomic E-state index is 0.0170. The number of hydrogen-bond acceptors (Lipinski definition) is 3. The van der Waals surface area contributed by atoms with Crippen LogP contribution >= 0.6 is 0 Å². The molecule has 0 fully saturated rings. The zero-order chi connectivity index (χ0) is 15.4. The average Bonchev–Trinajstić information content (AvgIpc) is 2.76. The Morgan fingerprint density at radius 3 is 2.62 bits per heavy atom. The molecule has 2 rings (SSSR count). The highest BCUT2D eigenvalue weighted by Crippen LogP contribution is 2.18. The molecule has 2 aromatic rings. The lowest BCUT2D eigenvalue weighted by atomic mass is 10.0. The Kier molecular flexibility index (Phi) is 4.78. The maximum atomic E-state index is 12.1. The van der Waals surface area contributed by atoms with Crippen LogP contribution in [0.4, 0.5) is 0 Å². The van der Waals surface area contributed by atoms with Crippen molar-refractivity contribution >= 4 is 5.91 Å². The smallest absolute Gasteiger partial charge is 0.220 e. The number of carbonyl (C=O) groups excluding carboxylic acids is 1. The molecule has 0 saturated heterocycles. The summed E-state index contributed by atoms with van der Waals surface area (Å²) >= 11 is 0. The van der Waals surface area contributed by atoms with Gasteiger partial charge in [-0.1, -0.05) is 29.4 Å². The summed E-state index contributed by atoms with van der Waals surface area (Å²) in [5.74, 6) is 0.845. The van der Waals surface area contributed by atoms with E-state index in [1.165, 1.54) is 5.56 Å². The van der Waals surface area contributed by atoms with Crippen LogP contribution in [-0.2, 0) is 11.2 Å². The molecule has 1 amide bonds. The topological polar surface area (TPSA) is 55.1 Å². The van der Waals surface area contributed by atoms with Crippen LogP contribution in [0.15, 0.2) is 28.8 Å². The molecule has 4 heteroatoms. The van der Waals surface area contributed by atoms with Crippen LogP contribution < -0.4 is 5.32 Å². The fourth-order valence-corrected chi connectivity index (χ4v) is 2.56. The molecule has 0 aliphatic rings. The molecule has 21 heavy (non-hydrogen) atoms. The summed E-state index contributed by atoms with van der Waals surface area (Å²) < 4.78 is 5.11. The largest absolute Gasteiger partial charge is 0.361 e. The Morgan fingerprint density at radius 2 is 2.00 bits per heavy atom. The van der Waals surface area contributed by atoms with Crippen molar-refractivity contribution < 1.29 is 9.32 Å². The van der Waals surface area contributed by atoms with E-state index in [1.807, 2.05) is 32.9 Å². The van der Waals surface area contributed by atoms with Crippen molar-refractivity contribution in [3.63, 3.8) is 0 Å². The van der Waals surface area contributed by atoms with Crippen LogP contribution in [-0.4, -0.2) is 11.1 Å². The Morgan fingerprint density at radius 1 is 1.29 bits per heavy atom. The summed E-state index contributed by atoms with van der Waals surface area (Å²) in [7, 11) is 0. The molecule has 1 aromatic heterocycles. The first kappa shape index (κ1) is 15.3. The van der Waals surface area contributed by atoms with Crippen LogP contribution in [0.25, 0.3) is 0 Å². The minimum Gasteiger partial charge on any atom is -0.361 e. The van der Waals surface area contributed by atoms with Crippen LogP contribution in [0.1, 0.15) is 47.5 Å². The molecule has 0 aliphatic heterocycles. The van der Waals surface area contributed by atoms with Gasteiger partial charge < -0.3 is 9.84 Å². The monoisotopic (exact) mass is 286 g/mol. The lowest BCUT2D eigenvalue weighted by molar-refractivity contribution is -0.121. The highest BCUT2D eigenvalue weighted by Gasteiger charge is 2.14. The number of carbonyl (C=O) groups is 1. The molecule has 1 aromatic carbocycles.